The fourth-order valence-electron chi connectivity index (χ4n) is 1.47. The maximum atomic E-state index is 13.5. The summed E-state index contributed by atoms with van der Waals surface area (Å²) >= 11 is 5.59. The highest BCUT2D eigenvalue weighted by atomic mass is 35.5. The largest absolute Gasteiger partial charge is 0.484 e. The van der Waals surface area contributed by atoms with Crippen LogP contribution in [0.1, 0.15) is 0 Å². The predicted octanol–water partition coefficient (Wildman–Crippen LogP) is 3.64. The molecule has 0 aromatic heterocycles. The summed E-state index contributed by atoms with van der Waals surface area (Å²) in [7, 11) is 0. The number of amides is 1. The van der Waals surface area contributed by atoms with Crippen LogP contribution in [-0.2, 0) is 4.79 Å². The number of anilines is 1. The van der Waals surface area contributed by atoms with Gasteiger partial charge in [0.15, 0.2) is 12.4 Å². The third kappa shape index (κ3) is 3.68. The van der Waals surface area contributed by atoms with Crippen molar-refractivity contribution < 1.29 is 18.3 Å². The van der Waals surface area contributed by atoms with Gasteiger partial charge in [-0.15, -0.1) is 0 Å². The summed E-state index contributed by atoms with van der Waals surface area (Å²) in [5.74, 6) is -1.31. The molecule has 0 bridgehead atoms. The highest BCUT2D eigenvalue weighted by Crippen LogP contribution is 2.21. The molecule has 0 unspecified atom stereocenters. The first-order chi connectivity index (χ1) is 9.56. The van der Waals surface area contributed by atoms with Crippen molar-refractivity contribution in [3.8, 4) is 5.75 Å². The van der Waals surface area contributed by atoms with E-state index in [0.717, 1.165) is 0 Å². The van der Waals surface area contributed by atoms with Crippen molar-refractivity contribution in [2.45, 2.75) is 0 Å². The van der Waals surface area contributed by atoms with Crippen molar-refractivity contribution in [2.75, 3.05) is 11.9 Å². The topological polar surface area (TPSA) is 38.3 Å². The van der Waals surface area contributed by atoms with Gasteiger partial charge in [0.1, 0.15) is 11.6 Å². The van der Waals surface area contributed by atoms with E-state index < -0.39 is 17.5 Å². The number of hydrogen-bond donors (Lipinski definition) is 1. The molecule has 6 heteroatoms. The van der Waals surface area contributed by atoms with Gasteiger partial charge >= 0.3 is 0 Å². The lowest BCUT2D eigenvalue weighted by Gasteiger charge is -2.08. The molecule has 0 spiro atoms. The van der Waals surface area contributed by atoms with Crippen LogP contribution in [-0.4, -0.2) is 12.5 Å². The van der Waals surface area contributed by atoms with E-state index in [0.29, 0.717) is 5.75 Å². The quantitative estimate of drug-likeness (QED) is 0.936. The third-order valence-electron chi connectivity index (χ3n) is 2.41. The molecule has 0 saturated heterocycles. The van der Waals surface area contributed by atoms with Crippen molar-refractivity contribution in [2.24, 2.45) is 0 Å². The Morgan fingerprint density at radius 2 is 1.85 bits per heavy atom. The Hall–Kier alpha value is -2.14. The molecule has 0 aliphatic rings. The first-order valence-corrected chi connectivity index (χ1v) is 6.06. The average Bonchev–Trinajstić information content (AvgIpc) is 2.43. The second kappa shape index (κ2) is 6.34. The van der Waals surface area contributed by atoms with E-state index in [1.807, 2.05) is 0 Å². The third-order valence-corrected chi connectivity index (χ3v) is 2.70. The van der Waals surface area contributed by atoms with Crippen LogP contribution in [0.15, 0.2) is 42.5 Å². The summed E-state index contributed by atoms with van der Waals surface area (Å²) < 4.78 is 31.3. The van der Waals surface area contributed by atoms with Gasteiger partial charge in [0.05, 0.1) is 10.7 Å². The number of carbonyl (C=O) groups is 1. The maximum Gasteiger partial charge on any atom is 0.262 e. The van der Waals surface area contributed by atoms with Crippen LogP contribution in [0.3, 0.4) is 0 Å². The summed E-state index contributed by atoms with van der Waals surface area (Å²) in [6.07, 6.45) is 0. The molecule has 0 saturated carbocycles. The Morgan fingerprint density at radius 1 is 1.15 bits per heavy atom. The summed E-state index contributed by atoms with van der Waals surface area (Å²) in [5.41, 5.74) is -0.0230. The second-order valence-corrected chi connectivity index (χ2v) is 4.30. The lowest BCUT2D eigenvalue weighted by molar-refractivity contribution is -0.118. The minimum Gasteiger partial charge on any atom is -0.484 e. The van der Waals surface area contributed by atoms with Gasteiger partial charge in [-0.2, -0.15) is 0 Å². The van der Waals surface area contributed by atoms with E-state index in [1.54, 1.807) is 0 Å². The molecule has 0 fully saturated rings. The van der Waals surface area contributed by atoms with Gasteiger partial charge in [0.2, 0.25) is 0 Å². The number of nitrogens with one attached hydrogen (secondary N) is 1. The second-order valence-electron chi connectivity index (χ2n) is 3.89. The molecule has 0 atom stereocenters. The molecule has 0 aliphatic heterocycles. The van der Waals surface area contributed by atoms with Gasteiger partial charge < -0.3 is 10.1 Å². The minimum atomic E-state index is -0.704. The van der Waals surface area contributed by atoms with Crippen LogP contribution < -0.4 is 10.1 Å². The van der Waals surface area contributed by atoms with Crippen molar-refractivity contribution >= 4 is 23.2 Å². The number of ether oxygens (including phenoxy) is 1. The molecule has 3 nitrogen and oxygen atoms in total. The van der Waals surface area contributed by atoms with Crippen LogP contribution in [0.4, 0.5) is 14.5 Å². The number of hydrogen-bond acceptors (Lipinski definition) is 2. The molecule has 2 aromatic rings. The Kier molecular flexibility index (Phi) is 4.53. The van der Waals surface area contributed by atoms with Crippen LogP contribution >= 0.6 is 11.6 Å². The molecular formula is C14H10ClF2NO2. The number of benzene rings is 2. The fourth-order valence-corrected chi connectivity index (χ4v) is 1.64. The van der Waals surface area contributed by atoms with Gasteiger partial charge in [-0.1, -0.05) is 17.7 Å². The van der Waals surface area contributed by atoms with Crippen molar-refractivity contribution in [1.82, 2.24) is 0 Å². The number of halogens is 3. The molecular weight excluding hydrogens is 288 g/mol. The van der Waals surface area contributed by atoms with E-state index in [4.69, 9.17) is 16.3 Å². The highest BCUT2D eigenvalue weighted by Gasteiger charge is 2.10. The zero-order chi connectivity index (χ0) is 14.5. The van der Waals surface area contributed by atoms with Gasteiger partial charge in [-0.05, 0) is 36.4 Å². The maximum absolute atomic E-state index is 13.5. The Bertz CT molecular complexity index is 617. The van der Waals surface area contributed by atoms with Crippen LogP contribution in [0.5, 0.6) is 5.75 Å². The fraction of sp³-hybridized carbons (Fsp3) is 0.0714. The predicted molar refractivity (Wildman–Crippen MR) is 71.9 cm³/mol. The van der Waals surface area contributed by atoms with Gasteiger partial charge in [0, 0.05) is 0 Å². The van der Waals surface area contributed by atoms with Crippen molar-refractivity contribution in [3.63, 3.8) is 0 Å². The molecule has 1 N–H and O–H groups in total. The molecule has 2 rings (SSSR count). The first-order valence-electron chi connectivity index (χ1n) is 5.68. The molecule has 0 radical (unpaired) electrons. The lowest BCUT2D eigenvalue weighted by Crippen LogP contribution is -2.20. The van der Waals surface area contributed by atoms with Crippen molar-refractivity contribution in [1.29, 1.82) is 0 Å². The standard InChI is InChI=1S/C14H10ClF2NO2/c15-11-2-1-3-12(14(11)17)18-13(19)8-20-10-6-4-9(16)5-7-10/h1-7H,8H2,(H,18,19). The number of rotatable bonds is 4. The monoisotopic (exact) mass is 297 g/mol. The Morgan fingerprint density at radius 3 is 2.55 bits per heavy atom. The normalized spacial score (nSPS) is 10.2. The lowest BCUT2D eigenvalue weighted by atomic mass is 10.3. The van der Waals surface area contributed by atoms with Gasteiger partial charge in [-0.3, -0.25) is 4.79 Å². The van der Waals surface area contributed by atoms with E-state index >= 15 is 0 Å². The highest BCUT2D eigenvalue weighted by molar-refractivity contribution is 6.31. The molecule has 0 heterocycles. The van der Waals surface area contributed by atoms with E-state index in [-0.39, 0.29) is 17.3 Å². The average molecular weight is 298 g/mol. The van der Waals surface area contributed by atoms with Gasteiger partial charge in [0.25, 0.3) is 5.91 Å². The SMILES string of the molecule is O=C(COc1ccc(F)cc1)Nc1cccc(Cl)c1F. The smallest absolute Gasteiger partial charge is 0.262 e. The van der Waals surface area contributed by atoms with E-state index in [1.165, 1.54) is 42.5 Å². The van der Waals surface area contributed by atoms with Crippen LogP contribution in [0.2, 0.25) is 5.02 Å². The minimum absolute atomic E-state index is 0.0230. The molecule has 20 heavy (non-hydrogen) atoms. The van der Waals surface area contributed by atoms with Gasteiger partial charge in [-0.25, -0.2) is 8.78 Å². The molecule has 1 amide bonds. The Labute approximate surface area is 119 Å². The first kappa shape index (κ1) is 14.3. The Balaban J connectivity index is 1.92. The summed E-state index contributed by atoms with van der Waals surface area (Å²) in [6, 6.07) is 9.49. The zero-order valence-electron chi connectivity index (χ0n) is 10.2. The van der Waals surface area contributed by atoms with Crippen molar-refractivity contribution in [3.05, 3.63) is 59.1 Å². The number of carbonyl (C=O) groups excluding carboxylic acids is 1. The summed E-state index contributed by atoms with van der Waals surface area (Å²) in [5, 5.41) is 2.25. The van der Waals surface area contributed by atoms with Crippen LogP contribution in [0, 0.1) is 11.6 Å². The molecule has 0 aliphatic carbocycles. The summed E-state index contributed by atoms with van der Waals surface area (Å²) in [4.78, 5) is 11.6. The molecule has 104 valence electrons. The van der Waals surface area contributed by atoms with E-state index in [9.17, 15) is 13.6 Å². The zero-order valence-corrected chi connectivity index (χ0v) is 11.0. The molecule has 2 aromatic carbocycles. The summed E-state index contributed by atoms with van der Waals surface area (Å²) in [6.45, 7) is -0.322. The van der Waals surface area contributed by atoms with E-state index in [2.05, 4.69) is 5.32 Å². The van der Waals surface area contributed by atoms with Crippen LogP contribution in [0.25, 0.3) is 0 Å².